The number of carbonyl (C=O) groups is 4. The summed E-state index contributed by atoms with van der Waals surface area (Å²) in [6, 6.07) is 8.13. The third kappa shape index (κ3) is 4.09. The van der Waals surface area contributed by atoms with Gasteiger partial charge < -0.3 is 5.11 Å². The Labute approximate surface area is 242 Å². The molecule has 216 valence electrons. The van der Waals surface area contributed by atoms with E-state index in [9.17, 15) is 37.5 Å². The fourth-order valence-corrected chi connectivity index (χ4v) is 6.87. The molecule has 1 fully saturated rings. The summed E-state index contributed by atoms with van der Waals surface area (Å²) >= 11 is 6.16. The zero-order valence-electron chi connectivity index (χ0n) is 22.3. The highest BCUT2D eigenvalue weighted by molar-refractivity contribution is 6.33. The molecule has 42 heavy (non-hydrogen) atoms. The molecule has 4 aliphatic rings. The summed E-state index contributed by atoms with van der Waals surface area (Å²) in [5.41, 5.74) is 0.506. The van der Waals surface area contributed by atoms with Gasteiger partial charge in [-0.25, -0.2) is 4.98 Å². The van der Waals surface area contributed by atoms with Crippen molar-refractivity contribution in [2.24, 2.45) is 17.8 Å². The summed E-state index contributed by atoms with van der Waals surface area (Å²) in [4.78, 5) is 57.9. The Kier molecular flexibility index (Phi) is 6.41. The zero-order valence-corrected chi connectivity index (χ0v) is 23.0. The van der Waals surface area contributed by atoms with Crippen LogP contribution < -0.4 is 5.01 Å². The number of carbonyl (C=O) groups excluding carboxylic acids is 4. The maximum atomic E-state index is 14.0. The van der Waals surface area contributed by atoms with Gasteiger partial charge in [-0.15, -0.1) is 0 Å². The van der Waals surface area contributed by atoms with Crippen LogP contribution >= 0.6 is 11.6 Å². The quantitative estimate of drug-likeness (QED) is 0.303. The summed E-state index contributed by atoms with van der Waals surface area (Å²) in [6.45, 7) is 1.54. The van der Waals surface area contributed by atoms with Crippen LogP contribution in [-0.2, 0) is 25.4 Å². The number of ketones is 2. The number of pyridine rings is 1. The molecule has 0 bridgehead atoms. The van der Waals surface area contributed by atoms with Crippen molar-refractivity contribution in [3.8, 4) is 5.75 Å². The number of rotatable bonds is 3. The lowest BCUT2D eigenvalue weighted by atomic mass is 9.59. The maximum Gasteiger partial charge on any atom is 0.433 e. The lowest BCUT2D eigenvalue weighted by Crippen LogP contribution is -2.46. The number of alkyl halides is 3. The standard InChI is InChI=1S/C30H23ClF3N3O5/c1-13-11-21(39)18-12-17-14(23(25(18)26(13)40)15-5-3-4-6-20(15)38)7-8-16-24(17)29(42)37(28(16)41)36(2)27-19(31)9-10-22(35-27)30(32,33)34/h3-7,9-11,16-17,23-24,38H,8,12H2,1-2H3. The number of hydrogen-bond acceptors (Lipinski definition) is 7. The zero-order chi connectivity index (χ0) is 30.2. The number of phenols is 1. The topological polar surface area (TPSA) is 108 Å². The Morgan fingerprint density at radius 3 is 2.45 bits per heavy atom. The number of fused-ring (bicyclic) bond motifs is 3. The normalized spacial score (nSPS) is 25.6. The minimum Gasteiger partial charge on any atom is -0.508 e. The van der Waals surface area contributed by atoms with E-state index in [1.54, 1.807) is 31.2 Å². The van der Waals surface area contributed by atoms with Crippen LogP contribution in [0.15, 0.2) is 70.8 Å². The number of nitrogens with zero attached hydrogens (tertiary/aromatic N) is 3. The van der Waals surface area contributed by atoms with Gasteiger partial charge in [0.2, 0.25) is 0 Å². The molecule has 4 unspecified atom stereocenters. The molecule has 1 N–H and O–H groups in total. The molecule has 8 nitrogen and oxygen atoms in total. The van der Waals surface area contributed by atoms with Crippen molar-refractivity contribution in [1.82, 2.24) is 9.99 Å². The van der Waals surface area contributed by atoms with Gasteiger partial charge in [0.25, 0.3) is 11.8 Å². The number of halogens is 4. The maximum absolute atomic E-state index is 14.0. The summed E-state index contributed by atoms with van der Waals surface area (Å²) in [7, 11) is 1.24. The predicted octanol–water partition coefficient (Wildman–Crippen LogP) is 4.94. The fraction of sp³-hybridized carbons (Fsp3) is 0.300. The van der Waals surface area contributed by atoms with Gasteiger partial charge >= 0.3 is 6.18 Å². The Morgan fingerprint density at radius 1 is 1.05 bits per heavy atom. The van der Waals surface area contributed by atoms with E-state index in [0.29, 0.717) is 17.2 Å². The number of aromatic hydroxyl groups is 1. The van der Waals surface area contributed by atoms with Gasteiger partial charge in [0, 0.05) is 35.2 Å². The van der Waals surface area contributed by atoms with Gasteiger partial charge in [0.15, 0.2) is 17.4 Å². The number of hydrazine groups is 1. The third-order valence-electron chi connectivity index (χ3n) is 8.51. The molecule has 2 aromatic rings. The van der Waals surface area contributed by atoms with Gasteiger partial charge in [-0.2, -0.15) is 18.2 Å². The average Bonchev–Trinajstić information content (AvgIpc) is 3.20. The smallest absolute Gasteiger partial charge is 0.433 e. The number of benzene rings is 1. The second-order valence-electron chi connectivity index (χ2n) is 10.8. The molecule has 0 radical (unpaired) electrons. The summed E-state index contributed by atoms with van der Waals surface area (Å²) in [5.74, 6) is -5.89. The Morgan fingerprint density at radius 2 is 1.76 bits per heavy atom. The second-order valence-corrected chi connectivity index (χ2v) is 11.2. The Bertz CT molecular complexity index is 1690. The number of amides is 2. The molecule has 2 amide bonds. The van der Waals surface area contributed by atoms with E-state index in [2.05, 4.69) is 4.98 Å². The number of hydrogen-bond donors (Lipinski definition) is 1. The van der Waals surface area contributed by atoms with Crippen LogP contribution in [0.2, 0.25) is 5.02 Å². The highest BCUT2D eigenvalue weighted by atomic mass is 35.5. The van der Waals surface area contributed by atoms with Gasteiger partial charge in [0.05, 0.1) is 16.9 Å². The van der Waals surface area contributed by atoms with E-state index in [1.165, 1.54) is 19.2 Å². The average molecular weight is 598 g/mol. The molecular formula is C30H23ClF3N3O5. The van der Waals surface area contributed by atoms with E-state index >= 15 is 0 Å². The first-order valence-electron chi connectivity index (χ1n) is 13.1. The van der Waals surface area contributed by atoms with Crippen molar-refractivity contribution in [3.05, 3.63) is 87.1 Å². The van der Waals surface area contributed by atoms with E-state index in [0.717, 1.165) is 16.1 Å². The molecular weight excluding hydrogens is 575 g/mol. The molecule has 6 rings (SSSR count). The lowest BCUT2D eigenvalue weighted by molar-refractivity contribution is -0.141. The van der Waals surface area contributed by atoms with E-state index in [1.807, 2.05) is 0 Å². The van der Waals surface area contributed by atoms with E-state index in [4.69, 9.17) is 11.6 Å². The number of imide groups is 1. The minimum atomic E-state index is -4.78. The summed E-state index contributed by atoms with van der Waals surface area (Å²) in [5, 5.41) is 12.3. The number of anilines is 1. The number of aromatic nitrogens is 1. The number of para-hydroxylation sites is 1. The van der Waals surface area contributed by atoms with E-state index < -0.39 is 53.2 Å². The third-order valence-corrected chi connectivity index (χ3v) is 8.81. The molecule has 0 saturated carbocycles. The van der Waals surface area contributed by atoms with Crippen molar-refractivity contribution in [1.29, 1.82) is 0 Å². The molecule has 12 heteroatoms. The van der Waals surface area contributed by atoms with Gasteiger partial charge in [-0.05, 0) is 50.0 Å². The largest absolute Gasteiger partial charge is 0.508 e. The van der Waals surface area contributed by atoms with Crippen molar-refractivity contribution in [2.75, 3.05) is 12.1 Å². The van der Waals surface area contributed by atoms with Crippen LogP contribution in [0.5, 0.6) is 5.75 Å². The van der Waals surface area contributed by atoms with Crippen molar-refractivity contribution >= 4 is 40.8 Å². The van der Waals surface area contributed by atoms with Crippen LogP contribution in [0.3, 0.4) is 0 Å². The monoisotopic (exact) mass is 597 g/mol. The predicted molar refractivity (Wildman–Crippen MR) is 144 cm³/mol. The highest BCUT2D eigenvalue weighted by Gasteiger charge is 2.58. The van der Waals surface area contributed by atoms with Crippen LogP contribution in [0.4, 0.5) is 19.0 Å². The number of phenolic OH excluding ortho intramolecular Hbond substituents is 1. The van der Waals surface area contributed by atoms with Crippen molar-refractivity contribution in [3.63, 3.8) is 0 Å². The van der Waals surface area contributed by atoms with E-state index in [-0.39, 0.29) is 51.9 Å². The summed E-state index contributed by atoms with van der Waals surface area (Å²) < 4.78 is 40.2. The van der Waals surface area contributed by atoms with Crippen molar-refractivity contribution in [2.45, 2.75) is 31.9 Å². The lowest BCUT2D eigenvalue weighted by Gasteiger charge is -2.42. The fourth-order valence-electron chi connectivity index (χ4n) is 6.64. The Balaban J connectivity index is 1.43. The first-order valence-corrected chi connectivity index (χ1v) is 13.5. The van der Waals surface area contributed by atoms with Gasteiger partial charge in [0.1, 0.15) is 11.4 Å². The first-order chi connectivity index (χ1) is 19.8. The van der Waals surface area contributed by atoms with Gasteiger partial charge in [-0.3, -0.25) is 24.2 Å². The molecule has 1 aromatic heterocycles. The molecule has 2 heterocycles. The van der Waals surface area contributed by atoms with Crippen LogP contribution in [0.1, 0.15) is 36.9 Å². The highest BCUT2D eigenvalue weighted by Crippen LogP contribution is 2.56. The second kappa shape index (κ2) is 9.65. The van der Waals surface area contributed by atoms with Gasteiger partial charge in [-0.1, -0.05) is 41.4 Å². The van der Waals surface area contributed by atoms with Crippen LogP contribution in [0, 0.1) is 17.8 Å². The number of allylic oxidation sites excluding steroid dienone is 6. The SMILES string of the molecule is CC1=CC(=O)C2=C(C1=O)C(c1ccccc1O)C1=CCC3C(=O)N(N(C)c4nc(C(F)(F)F)ccc4Cl)C(=O)C3C1C2. The molecule has 1 aliphatic heterocycles. The number of Topliss-reactive ketones (excluding diaryl/α,β-unsaturated/α-hetero) is 1. The Hall–Kier alpha value is -4.25. The molecule has 4 atom stereocenters. The minimum absolute atomic E-state index is 0.0138. The van der Waals surface area contributed by atoms with Crippen LogP contribution in [0.25, 0.3) is 0 Å². The molecule has 3 aliphatic carbocycles. The van der Waals surface area contributed by atoms with Crippen molar-refractivity contribution < 1.29 is 37.5 Å². The summed E-state index contributed by atoms with van der Waals surface area (Å²) in [6.07, 6.45) is -1.63. The molecule has 0 spiro atoms. The van der Waals surface area contributed by atoms with Crippen LogP contribution in [-0.4, -0.2) is 45.5 Å². The molecule has 1 saturated heterocycles. The first kappa shape index (κ1) is 27.9. The molecule has 1 aromatic carbocycles.